The Kier molecular flexibility index (Phi) is 3.58. The minimum atomic E-state index is 0.584. The van der Waals surface area contributed by atoms with Crippen molar-refractivity contribution in [1.29, 1.82) is 0 Å². The van der Waals surface area contributed by atoms with E-state index in [0.29, 0.717) is 11.6 Å². The van der Waals surface area contributed by atoms with Crippen LogP contribution < -0.4 is 10.5 Å². The predicted molar refractivity (Wildman–Crippen MR) is 112 cm³/mol. The summed E-state index contributed by atoms with van der Waals surface area (Å²) in [5.74, 6) is 2.08. The first kappa shape index (κ1) is 16.4. The van der Waals surface area contributed by atoms with E-state index in [2.05, 4.69) is 16.0 Å². The fourth-order valence-electron chi connectivity index (χ4n) is 3.69. The molecule has 5 aromatic rings. The average molecular weight is 369 g/mol. The maximum Gasteiger partial charge on any atom is 0.144 e. The molecule has 0 saturated heterocycles. The van der Waals surface area contributed by atoms with Crippen molar-refractivity contribution in [2.24, 2.45) is 0 Å². The number of para-hydroxylation sites is 2. The van der Waals surface area contributed by atoms with Gasteiger partial charge in [0.2, 0.25) is 0 Å². The van der Waals surface area contributed by atoms with Crippen molar-refractivity contribution in [1.82, 2.24) is 19.5 Å². The van der Waals surface area contributed by atoms with Gasteiger partial charge in [0.15, 0.2) is 0 Å². The van der Waals surface area contributed by atoms with Gasteiger partial charge >= 0.3 is 0 Å². The molecule has 3 N–H and O–H groups in total. The molecule has 0 atom stereocenters. The summed E-state index contributed by atoms with van der Waals surface area (Å²) in [4.78, 5) is 12.7. The molecule has 0 spiro atoms. The molecule has 2 aromatic carbocycles. The highest BCUT2D eigenvalue weighted by molar-refractivity contribution is 6.01. The van der Waals surface area contributed by atoms with Gasteiger partial charge in [-0.3, -0.25) is 9.55 Å². The molecule has 0 aliphatic carbocycles. The van der Waals surface area contributed by atoms with Crippen LogP contribution in [0.25, 0.3) is 39.1 Å². The van der Waals surface area contributed by atoms with E-state index in [0.717, 1.165) is 44.6 Å². The zero-order valence-electron chi connectivity index (χ0n) is 15.6. The molecule has 0 radical (unpaired) electrons. The molecule has 5 rings (SSSR count). The summed E-state index contributed by atoms with van der Waals surface area (Å²) in [5.41, 5.74) is 13.1. The Labute approximate surface area is 161 Å². The third-order valence-electron chi connectivity index (χ3n) is 4.92. The van der Waals surface area contributed by atoms with Crippen LogP contribution in [0.15, 0.2) is 60.8 Å². The Morgan fingerprint density at radius 1 is 1.07 bits per heavy atom. The minimum absolute atomic E-state index is 0.584. The first-order valence-electron chi connectivity index (χ1n) is 9.02. The highest BCUT2D eigenvalue weighted by atomic mass is 16.5. The lowest BCUT2D eigenvalue weighted by Crippen LogP contribution is -2.02. The van der Waals surface area contributed by atoms with Crippen LogP contribution in [-0.2, 0) is 0 Å². The fourth-order valence-corrected chi connectivity index (χ4v) is 3.69. The molecule has 0 saturated carbocycles. The molecule has 6 nitrogen and oxygen atoms in total. The fraction of sp³-hybridized carbons (Fsp3) is 0.0909. The monoisotopic (exact) mass is 369 g/mol. The van der Waals surface area contributed by atoms with Gasteiger partial charge < -0.3 is 15.5 Å². The number of rotatable bonds is 3. The Hall–Kier alpha value is -3.80. The molecule has 0 fully saturated rings. The SMILES string of the molecule is COc1cc(C)cc(-n2c(N)c(-c3nc4ccccc4[nH]3)c3ncccc32)c1. The number of aromatic amines is 1. The number of aromatic nitrogens is 4. The molecule has 6 heteroatoms. The molecular formula is C22H19N5O. The number of nitrogens with one attached hydrogen (secondary N) is 1. The summed E-state index contributed by atoms with van der Waals surface area (Å²) in [7, 11) is 1.66. The lowest BCUT2D eigenvalue weighted by atomic mass is 10.2. The maximum atomic E-state index is 6.67. The topological polar surface area (TPSA) is 81.8 Å². The number of anilines is 1. The van der Waals surface area contributed by atoms with Crippen molar-refractivity contribution in [2.75, 3.05) is 12.8 Å². The van der Waals surface area contributed by atoms with Crippen molar-refractivity contribution in [2.45, 2.75) is 6.92 Å². The molecule has 28 heavy (non-hydrogen) atoms. The number of nitrogens with two attached hydrogens (primary N) is 1. The number of methoxy groups -OCH3 is 1. The molecule has 0 aliphatic rings. The minimum Gasteiger partial charge on any atom is -0.497 e. The summed E-state index contributed by atoms with van der Waals surface area (Å²) in [6, 6.07) is 17.9. The number of imidazole rings is 1. The predicted octanol–water partition coefficient (Wildman–Crippen LogP) is 4.47. The first-order valence-corrected chi connectivity index (χ1v) is 9.02. The summed E-state index contributed by atoms with van der Waals surface area (Å²) in [6.45, 7) is 2.03. The van der Waals surface area contributed by atoms with E-state index >= 15 is 0 Å². The molecular weight excluding hydrogens is 350 g/mol. The van der Waals surface area contributed by atoms with Crippen molar-refractivity contribution < 1.29 is 4.74 Å². The number of pyridine rings is 1. The zero-order chi connectivity index (χ0) is 19.3. The van der Waals surface area contributed by atoms with E-state index in [4.69, 9.17) is 15.5 Å². The standard InChI is InChI=1S/C22H19N5O/c1-13-10-14(12-15(11-13)28-2)27-18-8-5-9-24-20(18)19(21(27)23)22-25-16-6-3-4-7-17(16)26-22/h3-12H,23H2,1-2H3,(H,25,26). The zero-order valence-corrected chi connectivity index (χ0v) is 15.6. The molecule has 0 bridgehead atoms. The van der Waals surface area contributed by atoms with Gasteiger partial charge in [0.1, 0.15) is 22.9 Å². The van der Waals surface area contributed by atoms with Crippen molar-refractivity contribution in [3.8, 4) is 22.8 Å². The molecule has 0 unspecified atom stereocenters. The summed E-state index contributed by atoms with van der Waals surface area (Å²) in [5, 5.41) is 0. The number of nitrogens with zero attached hydrogens (tertiary/aromatic N) is 3. The molecule has 3 heterocycles. The van der Waals surface area contributed by atoms with Gasteiger partial charge in [0.25, 0.3) is 0 Å². The number of fused-ring (bicyclic) bond motifs is 2. The van der Waals surface area contributed by atoms with Crippen LogP contribution in [0, 0.1) is 6.92 Å². The Bertz CT molecular complexity index is 1300. The van der Waals surface area contributed by atoms with E-state index in [1.165, 1.54) is 0 Å². The maximum absolute atomic E-state index is 6.67. The van der Waals surface area contributed by atoms with Crippen molar-refractivity contribution >= 4 is 27.9 Å². The van der Waals surface area contributed by atoms with Gasteiger partial charge in [-0.05, 0) is 48.9 Å². The first-order chi connectivity index (χ1) is 13.7. The van der Waals surface area contributed by atoms with E-state index in [1.807, 2.05) is 60.0 Å². The number of benzene rings is 2. The second-order valence-corrected chi connectivity index (χ2v) is 6.78. The van der Waals surface area contributed by atoms with Gasteiger partial charge in [0.05, 0.1) is 34.9 Å². The number of H-pyrrole nitrogens is 1. The Balaban J connectivity index is 1.83. The van der Waals surface area contributed by atoms with Crippen LogP contribution in [0.2, 0.25) is 0 Å². The summed E-state index contributed by atoms with van der Waals surface area (Å²) < 4.78 is 7.45. The number of ether oxygens (including phenoxy) is 1. The van der Waals surface area contributed by atoms with Crippen molar-refractivity contribution in [3.05, 3.63) is 66.4 Å². The van der Waals surface area contributed by atoms with Crippen LogP contribution >= 0.6 is 0 Å². The van der Waals surface area contributed by atoms with Gasteiger partial charge in [-0.25, -0.2) is 4.98 Å². The number of aryl methyl sites for hydroxylation is 1. The van der Waals surface area contributed by atoms with Crippen LogP contribution in [0.5, 0.6) is 5.75 Å². The van der Waals surface area contributed by atoms with Gasteiger partial charge in [-0.2, -0.15) is 0 Å². The summed E-state index contributed by atoms with van der Waals surface area (Å²) in [6.07, 6.45) is 1.77. The van der Waals surface area contributed by atoms with Gasteiger partial charge in [-0.1, -0.05) is 12.1 Å². The van der Waals surface area contributed by atoms with Crippen LogP contribution in [0.4, 0.5) is 5.82 Å². The second-order valence-electron chi connectivity index (χ2n) is 6.78. The van der Waals surface area contributed by atoms with E-state index in [-0.39, 0.29) is 0 Å². The van der Waals surface area contributed by atoms with Crippen molar-refractivity contribution in [3.63, 3.8) is 0 Å². The van der Waals surface area contributed by atoms with Crippen LogP contribution in [0.3, 0.4) is 0 Å². The summed E-state index contributed by atoms with van der Waals surface area (Å²) >= 11 is 0. The second kappa shape index (κ2) is 6.13. The lowest BCUT2D eigenvalue weighted by molar-refractivity contribution is 0.414. The highest BCUT2D eigenvalue weighted by Gasteiger charge is 2.21. The van der Waals surface area contributed by atoms with E-state index < -0.39 is 0 Å². The normalized spacial score (nSPS) is 11.4. The largest absolute Gasteiger partial charge is 0.497 e. The highest BCUT2D eigenvalue weighted by Crippen LogP contribution is 2.37. The lowest BCUT2D eigenvalue weighted by Gasteiger charge is -2.11. The number of nitrogen functional groups attached to an aromatic ring is 1. The number of hydrogen-bond acceptors (Lipinski definition) is 4. The molecule has 138 valence electrons. The molecule has 3 aromatic heterocycles. The molecule has 0 aliphatic heterocycles. The van der Waals surface area contributed by atoms with Crippen LogP contribution in [0.1, 0.15) is 5.56 Å². The van der Waals surface area contributed by atoms with E-state index in [1.54, 1.807) is 13.3 Å². The smallest absolute Gasteiger partial charge is 0.144 e. The van der Waals surface area contributed by atoms with Crippen LogP contribution in [-0.4, -0.2) is 26.6 Å². The van der Waals surface area contributed by atoms with E-state index in [9.17, 15) is 0 Å². The average Bonchev–Trinajstić information content (AvgIpc) is 3.24. The third kappa shape index (κ3) is 2.42. The number of hydrogen-bond donors (Lipinski definition) is 2. The Morgan fingerprint density at radius 3 is 2.75 bits per heavy atom. The third-order valence-corrected chi connectivity index (χ3v) is 4.92. The quantitative estimate of drug-likeness (QED) is 0.492. The van der Waals surface area contributed by atoms with Gasteiger partial charge in [0, 0.05) is 12.3 Å². The van der Waals surface area contributed by atoms with Gasteiger partial charge in [-0.15, -0.1) is 0 Å². The molecule has 0 amide bonds. The Morgan fingerprint density at radius 2 is 1.93 bits per heavy atom.